The number of phosphoric acid groups is 1. The van der Waals surface area contributed by atoms with E-state index >= 15 is 0 Å². The van der Waals surface area contributed by atoms with E-state index in [2.05, 4.69) is 123 Å². The molecular weight excluding hydrogens is 1030 g/mol. The van der Waals surface area contributed by atoms with Gasteiger partial charge in [0.25, 0.3) is 0 Å². The Morgan fingerprint density at radius 3 is 0.951 bits per heavy atom. The Labute approximate surface area is 499 Å². The largest absolute Gasteiger partial charge is 0.472 e. The van der Waals surface area contributed by atoms with Gasteiger partial charge in [-0.3, -0.25) is 18.6 Å². The average molecular weight is 1150 g/mol. The van der Waals surface area contributed by atoms with Gasteiger partial charge in [-0.25, -0.2) is 4.57 Å². The minimum Gasteiger partial charge on any atom is -0.462 e. The molecule has 0 saturated carbocycles. The molecule has 0 radical (unpaired) electrons. The van der Waals surface area contributed by atoms with Crippen LogP contribution in [0.4, 0.5) is 0 Å². The lowest BCUT2D eigenvalue weighted by atomic mass is 10.0. The van der Waals surface area contributed by atoms with Crippen LogP contribution in [0, 0.1) is 0 Å². The lowest BCUT2D eigenvalue weighted by Crippen LogP contribution is -2.29. The van der Waals surface area contributed by atoms with Crippen LogP contribution >= 0.6 is 7.82 Å². The summed E-state index contributed by atoms with van der Waals surface area (Å²) in [5.41, 5.74) is 5.40. The normalized spacial score (nSPS) is 13.7. The summed E-state index contributed by atoms with van der Waals surface area (Å²) in [4.78, 5) is 35.3. The number of rotatable bonds is 62. The topological polar surface area (TPSA) is 134 Å². The fourth-order valence-corrected chi connectivity index (χ4v) is 10.1. The third-order valence-corrected chi connectivity index (χ3v) is 15.1. The number of ether oxygens (including phenoxy) is 2. The number of nitrogens with two attached hydrogens (primary N) is 1. The van der Waals surface area contributed by atoms with E-state index in [-0.39, 0.29) is 38.6 Å². The van der Waals surface area contributed by atoms with Crippen molar-refractivity contribution in [2.24, 2.45) is 5.73 Å². The Kier molecular flexibility index (Phi) is 63.1. The Hall–Kier alpha value is -3.33. The van der Waals surface area contributed by atoms with Crippen molar-refractivity contribution in [1.82, 2.24) is 0 Å². The van der Waals surface area contributed by atoms with Crippen molar-refractivity contribution < 1.29 is 37.6 Å². The molecule has 81 heavy (non-hydrogen) atoms. The van der Waals surface area contributed by atoms with Crippen molar-refractivity contribution in [2.75, 3.05) is 26.4 Å². The highest BCUT2D eigenvalue weighted by atomic mass is 31.2. The van der Waals surface area contributed by atoms with Gasteiger partial charge in [0.15, 0.2) is 6.10 Å². The van der Waals surface area contributed by atoms with E-state index in [1.165, 1.54) is 161 Å². The highest BCUT2D eigenvalue weighted by Gasteiger charge is 2.26. The molecule has 3 N–H and O–H groups in total. The van der Waals surface area contributed by atoms with Gasteiger partial charge in [-0.2, -0.15) is 0 Å². The number of unbranched alkanes of at least 4 members (excludes halogenated alkanes) is 31. The molecule has 0 aromatic heterocycles. The first-order valence-electron chi connectivity index (χ1n) is 33.4. The molecule has 0 saturated heterocycles. The van der Waals surface area contributed by atoms with Gasteiger partial charge in [0.05, 0.1) is 13.2 Å². The molecule has 0 aromatic carbocycles. The van der Waals surface area contributed by atoms with Gasteiger partial charge in [0, 0.05) is 19.4 Å². The summed E-state index contributed by atoms with van der Waals surface area (Å²) in [5.74, 6) is -0.828. The monoisotopic (exact) mass is 1150 g/mol. The summed E-state index contributed by atoms with van der Waals surface area (Å²) < 4.78 is 33.1. The van der Waals surface area contributed by atoms with Crippen molar-refractivity contribution >= 4 is 19.8 Å². The average Bonchev–Trinajstić information content (AvgIpc) is 3.46. The maximum Gasteiger partial charge on any atom is 0.472 e. The predicted molar refractivity (Wildman–Crippen MR) is 348 cm³/mol. The molecule has 0 aliphatic heterocycles. The van der Waals surface area contributed by atoms with Crippen LogP contribution in [0.3, 0.4) is 0 Å². The van der Waals surface area contributed by atoms with E-state index in [1.807, 2.05) is 0 Å². The Bertz CT molecular complexity index is 1690. The van der Waals surface area contributed by atoms with E-state index in [0.29, 0.717) is 6.42 Å². The first-order chi connectivity index (χ1) is 39.8. The predicted octanol–water partition coefficient (Wildman–Crippen LogP) is 21.7. The Morgan fingerprint density at radius 1 is 0.370 bits per heavy atom. The number of hydrogen-bond donors (Lipinski definition) is 2. The zero-order valence-electron chi connectivity index (χ0n) is 52.2. The van der Waals surface area contributed by atoms with Gasteiger partial charge in [-0.1, -0.05) is 297 Å². The number of phosphoric ester groups is 1. The number of hydrogen-bond acceptors (Lipinski definition) is 8. The zero-order chi connectivity index (χ0) is 58.7. The highest BCUT2D eigenvalue weighted by molar-refractivity contribution is 7.47. The summed E-state index contributed by atoms with van der Waals surface area (Å²) in [6, 6.07) is 0. The molecule has 0 amide bonds. The van der Waals surface area contributed by atoms with Crippen LogP contribution in [-0.4, -0.2) is 49.3 Å². The minimum absolute atomic E-state index is 0.0492. The molecule has 466 valence electrons. The molecule has 0 spiro atoms. The summed E-state index contributed by atoms with van der Waals surface area (Å²) in [6.07, 6.45) is 90.3. The lowest BCUT2D eigenvalue weighted by Gasteiger charge is -2.19. The number of esters is 2. The van der Waals surface area contributed by atoms with E-state index < -0.39 is 26.5 Å². The van der Waals surface area contributed by atoms with Crippen LogP contribution in [0.2, 0.25) is 0 Å². The van der Waals surface area contributed by atoms with Crippen LogP contribution in [0.1, 0.15) is 296 Å². The fraction of sp³-hybridized carbons (Fsp3) is 0.718. The van der Waals surface area contributed by atoms with Gasteiger partial charge in [0.2, 0.25) is 0 Å². The molecular formula is C71H124NO8P. The fourth-order valence-electron chi connectivity index (χ4n) is 9.30. The SMILES string of the molecule is CC/C=C\C/C=C\C/C=C\C/C=C\C/C=C\CCCCCCCCCCCC(=O)OC(COC(=O)CCCCCCCCCCCCCCCCCCCCCCCC/C=C\C/C=C\C/C=C\C/C=C\CC)COP(=O)(O)OCCN. The molecule has 10 heteroatoms. The second-order valence-electron chi connectivity index (χ2n) is 21.9. The van der Waals surface area contributed by atoms with Crippen LogP contribution in [-0.2, 0) is 32.7 Å². The molecule has 0 heterocycles. The van der Waals surface area contributed by atoms with E-state index in [4.69, 9.17) is 24.3 Å². The number of carbonyl (C=O) groups excluding carboxylic acids is 2. The standard InChI is InChI=1S/C71H124NO8P/c1-3-5-7-9-11-13-15-17-19-21-23-25-27-29-30-31-32-33-34-35-36-37-38-40-41-43-45-47-49-51-53-55-57-59-61-63-70(73)77-67-69(68-79-81(75,76)78-66-65-72)80-71(74)64-62-60-58-56-54-52-50-48-46-44-42-39-28-26-24-22-20-18-16-14-12-10-8-6-4-2/h5-8,11-14,17-20,23-26,39,42,69H,3-4,9-10,15-16,21-22,27-38,40-41,43-68,72H2,1-2H3,(H,75,76)/b7-5-,8-6-,13-11-,14-12-,19-17-,20-18-,25-23-,26-24-,42-39-. The smallest absolute Gasteiger partial charge is 0.462 e. The highest BCUT2D eigenvalue weighted by Crippen LogP contribution is 2.43. The van der Waals surface area contributed by atoms with Crippen LogP contribution < -0.4 is 5.73 Å². The van der Waals surface area contributed by atoms with Gasteiger partial charge in [-0.15, -0.1) is 0 Å². The third kappa shape index (κ3) is 65.7. The molecule has 0 rings (SSSR count). The maximum atomic E-state index is 12.7. The quantitative estimate of drug-likeness (QED) is 0.0264. The summed E-state index contributed by atoms with van der Waals surface area (Å²) in [7, 11) is -4.40. The van der Waals surface area contributed by atoms with Crippen LogP contribution in [0.15, 0.2) is 109 Å². The van der Waals surface area contributed by atoms with Crippen LogP contribution in [0.25, 0.3) is 0 Å². The Balaban J connectivity index is 3.87. The molecule has 0 aromatic rings. The van der Waals surface area contributed by atoms with Gasteiger partial charge in [-0.05, 0) is 96.3 Å². The number of carbonyl (C=O) groups is 2. The molecule has 0 fully saturated rings. The third-order valence-electron chi connectivity index (χ3n) is 14.2. The van der Waals surface area contributed by atoms with Crippen molar-refractivity contribution in [3.8, 4) is 0 Å². The van der Waals surface area contributed by atoms with Crippen LogP contribution in [0.5, 0.6) is 0 Å². The molecule has 2 atom stereocenters. The lowest BCUT2D eigenvalue weighted by molar-refractivity contribution is -0.161. The van der Waals surface area contributed by atoms with E-state index in [0.717, 1.165) is 103 Å². The molecule has 0 aliphatic carbocycles. The molecule has 2 unspecified atom stereocenters. The van der Waals surface area contributed by atoms with E-state index in [9.17, 15) is 19.0 Å². The molecule has 0 bridgehead atoms. The minimum atomic E-state index is -4.40. The van der Waals surface area contributed by atoms with E-state index in [1.54, 1.807) is 0 Å². The zero-order valence-corrected chi connectivity index (χ0v) is 53.1. The van der Waals surface area contributed by atoms with Crippen molar-refractivity contribution in [3.05, 3.63) is 109 Å². The van der Waals surface area contributed by atoms with Crippen molar-refractivity contribution in [1.29, 1.82) is 0 Å². The summed E-state index contributed by atoms with van der Waals surface area (Å²) in [5, 5.41) is 0. The van der Waals surface area contributed by atoms with Gasteiger partial charge >= 0.3 is 19.8 Å². The summed E-state index contributed by atoms with van der Waals surface area (Å²) >= 11 is 0. The first-order valence-corrected chi connectivity index (χ1v) is 34.9. The second-order valence-corrected chi connectivity index (χ2v) is 23.4. The van der Waals surface area contributed by atoms with Crippen molar-refractivity contribution in [2.45, 2.75) is 302 Å². The van der Waals surface area contributed by atoms with Gasteiger partial charge < -0.3 is 20.1 Å². The second kappa shape index (κ2) is 65.8. The van der Waals surface area contributed by atoms with Gasteiger partial charge in [0.1, 0.15) is 6.61 Å². The molecule has 9 nitrogen and oxygen atoms in total. The van der Waals surface area contributed by atoms with Crippen molar-refractivity contribution in [3.63, 3.8) is 0 Å². The molecule has 0 aliphatic rings. The Morgan fingerprint density at radius 2 is 0.642 bits per heavy atom. The number of allylic oxidation sites excluding steroid dienone is 18. The first kappa shape index (κ1) is 77.7. The summed E-state index contributed by atoms with van der Waals surface area (Å²) in [6.45, 7) is 3.54. The maximum absolute atomic E-state index is 12.7.